The average molecular weight is 256 g/mol. The van der Waals surface area contributed by atoms with Crippen molar-refractivity contribution in [1.29, 1.82) is 0 Å². The molecule has 19 heavy (non-hydrogen) atoms. The number of H-pyrrole nitrogens is 1. The summed E-state index contributed by atoms with van der Waals surface area (Å²) in [5.41, 5.74) is 1.74. The molecule has 0 saturated carbocycles. The molecule has 0 bridgehead atoms. The fourth-order valence-electron chi connectivity index (χ4n) is 2.97. The molecule has 2 unspecified atom stereocenters. The van der Waals surface area contributed by atoms with Crippen molar-refractivity contribution in [2.24, 2.45) is 5.92 Å². The number of hydrogen-bond donors (Lipinski definition) is 1. The van der Waals surface area contributed by atoms with E-state index in [0.29, 0.717) is 17.7 Å². The van der Waals surface area contributed by atoms with E-state index < -0.39 is 0 Å². The number of amides is 1. The molecule has 1 N–H and O–H groups in total. The highest BCUT2D eigenvalue weighted by atomic mass is 16.2. The molecule has 2 heterocycles. The lowest BCUT2D eigenvalue weighted by Crippen LogP contribution is -2.46. The smallest absolute Gasteiger partial charge is 0.270 e. The summed E-state index contributed by atoms with van der Waals surface area (Å²) in [4.78, 5) is 17.9. The molecule has 1 aromatic carbocycles. The Kier molecular flexibility index (Phi) is 3.05. The first-order valence-corrected chi connectivity index (χ1v) is 7.05. The van der Waals surface area contributed by atoms with E-state index in [9.17, 15) is 4.79 Å². The Morgan fingerprint density at radius 3 is 2.89 bits per heavy atom. The van der Waals surface area contributed by atoms with Crippen molar-refractivity contribution >= 4 is 16.8 Å². The number of benzene rings is 1. The van der Waals surface area contributed by atoms with Crippen LogP contribution in [0.2, 0.25) is 0 Å². The molecule has 1 aromatic heterocycles. The van der Waals surface area contributed by atoms with Crippen LogP contribution in [0, 0.1) is 5.92 Å². The minimum atomic E-state index is 0.134. The Labute approximate surface area is 113 Å². The maximum Gasteiger partial charge on any atom is 0.270 e. The standard InChI is InChI=1S/C16H20N2O/c1-11-6-5-9-18(12(11)2)16(19)15-10-13-7-3-4-8-14(13)17-15/h3-4,7-8,10-12,17H,5-6,9H2,1-2H3. The highest BCUT2D eigenvalue weighted by Gasteiger charge is 2.29. The second kappa shape index (κ2) is 4.72. The number of para-hydroxylation sites is 1. The molecule has 3 nitrogen and oxygen atoms in total. The normalized spacial score (nSPS) is 23.8. The molecule has 1 aliphatic heterocycles. The molecule has 2 aromatic rings. The number of rotatable bonds is 1. The third kappa shape index (κ3) is 2.14. The number of aromatic nitrogens is 1. The number of carbonyl (C=O) groups excluding carboxylic acids is 1. The van der Waals surface area contributed by atoms with Crippen molar-refractivity contribution in [1.82, 2.24) is 9.88 Å². The summed E-state index contributed by atoms with van der Waals surface area (Å²) in [6.07, 6.45) is 2.33. The first-order valence-electron chi connectivity index (χ1n) is 7.05. The predicted octanol–water partition coefficient (Wildman–Crippen LogP) is 3.43. The Bertz CT molecular complexity index is 569. The average Bonchev–Trinajstić information content (AvgIpc) is 2.85. The van der Waals surface area contributed by atoms with Crippen molar-refractivity contribution in [3.63, 3.8) is 0 Å². The molecule has 1 amide bonds. The van der Waals surface area contributed by atoms with Crippen LogP contribution >= 0.6 is 0 Å². The molecule has 1 aliphatic rings. The van der Waals surface area contributed by atoms with Crippen LogP contribution in [0.4, 0.5) is 0 Å². The highest BCUT2D eigenvalue weighted by Crippen LogP contribution is 2.25. The van der Waals surface area contributed by atoms with E-state index in [1.807, 2.05) is 35.2 Å². The minimum Gasteiger partial charge on any atom is -0.351 e. The summed E-state index contributed by atoms with van der Waals surface area (Å²) in [5, 5.41) is 1.10. The summed E-state index contributed by atoms with van der Waals surface area (Å²) in [6, 6.07) is 10.3. The number of hydrogen-bond acceptors (Lipinski definition) is 1. The van der Waals surface area contributed by atoms with Crippen LogP contribution in [-0.2, 0) is 0 Å². The van der Waals surface area contributed by atoms with Crippen LogP contribution in [0.25, 0.3) is 10.9 Å². The van der Waals surface area contributed by atoms with Gasteiger partial charge in [0.1, 0.15) is 5.69 Å². The molecule has 0 radical (unpaired) electrons. The van der Waals surface area contributed by atoms with Crippen molar-refractivity contribution in [2.75, 3.05) is 6.54 Å². The quantitative estimate of drug-likeness (QED) is 0.833. The largest absolute Gasteiger partial charge is 0.351 e. The second-order valence-electron chi connectivity index (χ2n) is 5.63. The van der Waals surface area contributed by atoms with Crippen molar-refractivity contribution in [2.45, 2.75) is 32.7 Å². The van der Waals surface area contributed by atoms with Gasteiger partial charge in [0.05, 0.1) is 0 Å². The maximum atomic E-state index is 12.6. The summed E-state index contributed by atoms with van der Waals surface area (Å²) >= 11 is 0. The first kappa shape index (κ1) is 12.3. The summed E-state index contributed by atoms with van der Waals surface area (Å²) in [5.74, 6) is 0.720. The van der Waals surface area contributed by atoms with Gasteiger partial charge < -0.3 is 9.88 Å². The summed E-state index contributed by atoms with van der Waals surface area (Å²) < 4.78 is 0. The number of piperidine rings is 1. The topological polar surface area (TPSA) is 36.1 Å². The lowest BCUT2D eigenvalue weighted by atomic mass is 9.92. The fourth-order valence-corrected chi connectivity index (χ4v) is 2.97. The van der Waals surface area contributed by atoms with E-state index in [0.717, 1.165) is 23.9 Å². The Balaban J connectivity index is 1.90. The first-order chi connectivity index (χ1) is 9.16. The van der Waals surface area contributed by atoms with Gasteiger partial charge in [0.15, 0.2) is 0 Å². The van der Waals surface area contributed by atoms with E-state index in [2.05, 4.69) is 18.8 Å². The fraction of sp³-hybridized carbons (Fsp3) is 0.438. The number of likely N-dealkylation sites (tertiary alicyclic amines) is 1. The number of carbonyl (C=O) groups is 1. The van der Waals surface area contributed by atoms with Gasteiger partial charge in [-0.25, -0.2) is 0 Å². The van der Waals surface area contributed by atoms with Gasteiger partial charge >= 0.3 is 0 Å². The molecule has 2 atom stereocenters. The van der Waals surface area contributed by atoms with Gasteiger partial charge in [0.2, 0.25) is 0 Å². The van der Waals surface area contributed by atoms with Crippen LogP contribution in [0.5, 0.6) is 0 Å². The van der Waals surface area contributed by atoms with Gasteiger partial charge in [-0.05, 0) is 37.8 Å². The number of nitrogens with zero attached hydrogens (tertiary/aromatic N) is 1. The van der Waals surface area contributed by atoms with Crippen LogP contribution < -0.4 is 0 Å². The Hall–Kier alpha value is -1.77. The van der Waals surface area contributed by atoms with Gasteiger partial charge in [-0.2, -0.15) is 0 Å². The van der Waals surface area contributed by atoms with Crippen LogP contribution in [0.15, 0.2) is 30.3 Å². The number of nitrogens with one attached hydrogen (secondary N) is 1. The second-order valence-corrected chi connectivity index (χ2v) is 5.63. The van der Waals surface area contributed by atoms with Gasteiger partial charge in [-0.15, -0.1) is 0 Å². The third-order valence-electron chi connectivity index (χ3n) is 4.39. The zero-order valence-corrected chi connectivity index (χ0v) is 11.5. The van der Waals surface area contributed by atoms with Crippen molar-refractivity contribution < 1.29 is 4.79 Å². The van der Waals surface area contributed by atoms with E-state index in [-0.39, 0.29) is 5.91 Å². The van der Waals surface area contributed by atoms with Crippen molar-refractivity contribution in [3.8, 4) is 0 Å². The van der Waals surface area contributed by atoms with E-state index in [4.69, 9.17) is 0 Å². The third-order valence-corrected chi connectivity index (χ3v) is 4.39. The minimum absolute atomic E-state index is 0.134. The van der Waals surface area contributed by atoms with Crippen LogP contribution in [-0.4, -0.2) is 28.4 Å². The van der Waals surface area contributed by atoms with Crippen molar-refractivity contribution in [3.05, 3.63) is 36.0 Å². The number of fused-ring (bicyclic) bond motifs is 1. The van der Waals surface area contributed by atoms with Gasteiger partial charge in [0, 0.05) is 23.5 Å². The molecule has 3 heteroatoms. The summed E-state index contributed by atoms with van der Waals surface area (Å²) in [6.45, 7) is 5.26. The highest BCUT2D eigenvalue weighted by molar-refractivity contribution is 5.98. The van der Waals surface area contributed by atoms with Crippen LogP contribution in [0.1, 0.15) is 37.2 Å². The molecule has 1 saturated heterocycles. The zero-order chi connectivity index (χ0) is 13.4. The molecule has 3 rings (SSSR count). The molecule has 1 fully saturated rings. The SMILES string of the molecule is CC1CCCN(C(=O)c2cc3ccccc3[nH]2)C1C. The van der Waals surface area contributed by atoms with Gasteiger partial charge in [-0.3, -0.25) is 4.79 Å². The monoisotopic (exact) mass is 256 g/mol. The lowest BCUT2D eigenvalue weighted by molar-refractivity contribution is 0.0546. The zero-order valence-electron chi connectivity index (χ0n) is 11.5. The Morgan fingerprint density at radius 1 is 1.32 bits per heavy atom. The van der Waals surface area contributed by atoms with Crippen LogP contribution in [0.3, 0.4) is 0 Å². The van der Waals surface area contributed by atoms with E-state index in [1.54, 1.807) is 0 Å². The Morgan fingerprint density at radius 2 is 2.11 bits per heavy atom. The molecular formula is C16H20N2O. The molecule has 0 spiro atoms. The molecule has 100 valence electrons. The maximum absolute atomic E-state index is 12.6. The lowest BCUT2D eigenvalue weighted by Gasteiger charge is -2.37. The molecular weight excluding hydrogens is 236 g/mol. The predicted molar refractivity (Wildman–Crippen MR) is 77.2 cm³/mol. The number of aromatic amines is 1. The summed E-state index contributed by atoms with van der Waals surface area (Å²) in [7, 11) is 0. The van der Waals surface area contributed by atoms with E-state index >= 15 is 0 Å². The molecule has 0 aliphatic carbocycles. The van der Waals surface area contributed by atoms with Gasteiger partial charge in [-0.1, -0.05) is 25.1 Å². The van der Waals surface area contributed by atoms with Gasteiger partial charge in [0.25, 0.3) is 5.91 Å². The van der Waals surface area contributed by atoms with E-state index in [1.165, 1.54) is 6.42 Å².